The van der Waals surface area contributed by atoms with Crippen molar-refractivity contribution in [1.82, 2.24) is 5.32 Å². The molecule has 0 radical (unpaired) electrons. The molecule has 120 valence electrons. The molecule has 0 aliphatic heterocycles. The normalized spacial score (nSPS) is 13.1. The van der Waals surface area contributed by atoms with E-state index in [0.29, 0.717) is 22.3 Å². The molecule has 0 aromatic heterocycles. The Morgan fingerprint density at radius 1 is 1.38 bits per heavy atom. The van der Waals surface area contributed by atoms with Crippen LogP contribution in [0.1, 0.15) is 6.92 Å². The van der Waals surface area contributed by atoms with Crippen molar-refractivity contribution in [2.75, 3.05) is 31.2 Å². The van der Waals surface area contributed by atoms with Crippen molar-refractivity contribution in [3.05, 3.63) is 28.2 Å². The van der Waals surface area contributed by atoms with Gasteiger partial charge in [0.25, 0.3) is 0 Å². The van der Waals surface area contributed by atoms with Crippen LogP contribution in [0.25, 0.3) is 0 Å². The van der Waals surface area contributed by atoms with Crippen molar-refractivity contribution in [3.8, 4) is 5.75 Å². The highest BCUT2D eigenvalue weighted by molar-refractivity contribution is 7.91. The summed E-state index contributed by atoms with van der Waals surface area (Å²) in [5.41, 5.74) is 0. The van der Waals surface area contributed by atoms with E-state index in [1.54, 1.807) is 25.1 Å². The molecule has 5 nitrogen and oxygen atoms in total. The van der Waals surface area contributed by atoms with Crippen molar-refractivity contribution in [1.29, 1.82) is 0 Å². The zero-order chi connectivity index (χ0) is 15.9. The molecule has 1 unspecified atom stereocenters. The Morgan fingerprint density at radius 3 is 2.71 bits per heavy atom. The van der Waals surface area contributed by atoms with Crippen LogP contribution in [0.5, 0.6) is 5.75 Å². The third-order valence-corrected chi connectivity index (χ3v) is 4.97. The third kappa shape index (κ3) is 7.33. The Balaban J connectivity index is 2.26. The van der Waals surface area contributed by atoms with Gasteiger partial charge in [-0.05, 0) is 18.2 Å². The summed E-state index contributed by atoms with van der Waals surface area (Å²) < 4.78 is 27.9. The number of nitrogens with one attached hydrogen (secondary N) is 1. The number of halogens is 2. The molecule has 1 aromatic rings. The fourth-order valence-electron chi connectivity index (χ4n) is 1.48. The second-order valence-corrected chi connectivity index (χ2v) is 7.80. The molecule has 0 saturated carbocycles. The van der Waals surface area contributed by atoms with Gasteiger partial charge < -0.3 is 15.2 Å². The van der Waals surface area contributed by atoms with Gasteiger partial charge in [0.1, 0.15) is 18.5 Å². The molecule has 0 amide bonds. The van der Waals surface area contributed by atoms with Crippen LogP contribution < -0.4 is 10.1 Å². The summed E-state index contributed by atoms with van der Waals surface area (Å²) in [4.78, 5) is 0. The Kier molecular flexibility index (Phi) is 7.76. The number of benzene rings is 1. The summed E-state index contributed by atoms with van der Waals surface area (Å²) in [7, 11) is -2.99. The minimum Gasteiger partial charge on any atom is -0.489 e. The van der Waals surface area contributed by atoms with E-state index in [-0.39, 0.29) is 24.7 Å². The highest BCUT2D eigenvalue weighted by Gasteiger charge is 2.10. The van der Waals surface area contributed by atoms with E-state index in [1.165, 1.54) is 0 Å². The van der Waals surface area contributed by atoms with Crippen molar-refractivity contribution in [2.45, 2.75) is 13.0 Å². The quantitative estimate of drug-likeness (QED) is 0.660. The zero-order valence-electron chi connectivity index (χ0n) is 11.7. The first-order valence-electron chi connectivity index (χ1n) is 6.51. The molecule has 0 spiro atoms. The number of hydrogen-bond acceptors (Lipinski definition) is 5. The molecule has 0 bridgehead atoms. The molecule has 0 aliphatic carbocycles. The molecule has 0 fully saturated rings. The molecule has 1 rings (SSSR count). The van der Waals surface area contributed by atoms with E-state index >= 15 is 0 Å². The maximum absolute atomic E-state index is 11.3. The number of aliphatic hydroxyl groups is 1. The summed E-state index contributed by atoms with van der Waals surface area (Å²) in [6, 6.07) is 4.82. The maximum Gasteiger partial charge on any atom is 0.151 e. The van der Waals surface area contributed by atoms with Crippen LogP contribution >= 0.6 is 23.2 Å². The van der Waals surface area contributed by atoms with E-state index in [9.17, 15) is 13.5 Å². The molecular weight excluding hydrogens is 337 g/mol. The van der Waals surface area contributed by atoms with Gasteiger partial charge in [-0.1, -0.05) is 30.1 Å². The Hall–Kier alpha value is -0.530. The molecular formula is C13H19Cl2NO4S. The van der Waals surface area contributed by atoms with Gasteiger partial charge in [0, 0.05) is 23.9 Å². The summed E-state index contributed by atoms with van der Waals surface area (Å²) in [5.74, 6) is 0.615. The first kappa shape index (κ1) is 18.5. The monoisotopic (exact) mass is 355 g/mol. The van der Waals surface area contributed by atoms with Gasteiger partial charge in [0.15, 0.2) is 9.84 Å². The summed E-state index contributed by atoms with van der Waals surface area (Å²) in [5, 5.41) is 13.5. The first-order valence-corrected chi connectivity index (χ1v) is 9.09. The van der Waals surface area contributed by atoms with Crippen LogP contribution in [-0.2, 0) is 9.84 Å². The van der Waals surface area contributed by atoms with E-state index in [1.807, 2.05) is 0 Å². The topological polar surface area (TPSA) is 75.6 Å². The van der Waals surface area contributed by atoms with Gasteiger partial charge in [-0.2, -0.15) is 0 Å². The van der Waals surface area contributed by atoms with Gasteiger partial charge in [-0.3, -0.25) is 0 Å². The Labute approximate surface area is 135 Å². The largest absolute Gasteiger partial charge is 0.489 e. The molecule has 21 heavy (non-hydrogen) atoms. The van der Waals surface area contributed by atoms with Crippen LogP contribution in [0, 0.1) is 0 Å². The van der Waals surface area contributed by atoms with E-state index in [4.69, 9.17) is 27.9 Å². The van der Waals surface area contributed by atoms with Crippen LogP contribution in [0.3, 0.4) is 0 Å². The molecule has 1 aromatic carbocycles. The first-order chi connectivity index (χ1) is 9.84. The average molecular weight is 356 g/mol. The fraction of sp³-hybridized carbons (Fsp3) is 0.538. The van der Waals surface area contributed by atoms with Crippen molar-refractivity contribution < 1.29 is 18.3 Å². The zero-order valence-corrected chi connectivity index (χ0v) is 14.0. The molecule has 8 heteroatoms. The van der Waals surface area contributed by atoms with Crippen molar-refractivity contribution >= 4 is 33.0 Å². The SMILES string of the molecule is CCS(=O)(=O)CCNCC(O)COc1ccc(Cl)cc1Cl. The van der Waals surface area contributed by atoms with Crippen LogP contribution in [0.2, 0.25) is 10.0 Å². The number of ether oxygens (including phenoxy) is 1. The third-order valence-electron chi connectivity index (χ3n) is 2.73. The van der Waals surface area contributed by atoms with E-state index < -0.39 is 15.9 Å². The Morgan fingerprint density at radius 2 is 2.10 bits per heavy atom. The van der Waals surface area contributed by atoms with Crippen LogP contribution in [0.4, 0.5) is 0 Å². The molecule has 0 saturated heterocycles. The minimum absolute atomic E-state index is 0.0505. The van der Waals surface area contributed by atoms with Crippen LogP contribution in [-0.4, -0.2) is 50.8 Å². The lowest BCUT2D eigenvalue weighted by Gasteiger charge is -2.14. The van der Waals surface area contributed by atoms with Gasteiger partial charge >= 0.3 is 0 Å². The average Bonchev–Trinajstić information content (AvgIpc) is 2.43. The number of sulfone groups is 1. The lowest BCUT2D eigenvalue weighted by Crippen LogP contribution is -2.34. The van der Waals surface area contributed by atoms with Gasteiger partial charge in [0.2, 0.25) is 0 Å². The van der Waals surface area contributed by atoms with Crippen LogP contribution in [0.15, 0.2) is 18.2 Å². The predicted molar refractivity (Wildman–Crippen MR) is 85.2 cm³/mol. The summed E-state index contributed by atoms with van der Waals surface area (Å²) in [6.45, 7) is 2.20. The summed E-state index contributed by atoms with van der Waals surface area (Å²) in [6.07, 6.45) is -0.763. The Bertz CT molecular complexity index is 551. The molecule has 1 atom stereocenters. The standard InChI is InChI=1S/C13H19Cl2NO4S/c1-2-21(18,19)6-5-16-8-11(17)9-20-13-4-3-10(14)7-12(13)15/h3-4,7,11,16-17H,2,5-6,8-9H2,1H3. The van der Waals surface area contributed by atoms with Crippen molar-refractivity contribution in [2.24, 2.45) is 0 Å². The lowest BCUT2D eigenvalue weighted by atomic mass is 10.3. The minimum atomic E-state index is -2.99. The maximum atomic E-state index is 11.3. The number of rotatable bonds is 9. The highest BCUT2D eigenvalue weighted by Crippen LogP contribution is 2.27. The predicted octanol–water partition coefficient (Wildman–Crippen LogP) is 1.76. The number of aliphatic hydroxyl groups excluding tert-OH is 1. The van der Waals surface area contributed by atoms with E-state index in [2.05, 4.69) is 5.32 Å². The second-order valence-electron chi connectivity index (χ2n) is 4.48. The molecule has 0 heterocycles. The van der Waals surface area contributed by atoms with Gasteiger partial charge in [0.05, 0.1) is 10.8 Å². The fourth-order valence-corrected chi connectivity index (χ4v) is 2.68. The highest BCUT2D eigenvalue weighted by atomic mass is 35.5. The molecule has 0 aliphatic rings. The smallest absolute Gasteiger partial charge is 0.151 e. The molecule has 2 N–H and O–H groups in total. The second kappa shape index (κ2) is 8.80. The number of hydrogen-bond donors (Lipinski definition) is 2. The summed E-state index contributed by atoms with van der Waals surface area (Å²) >= 11 is 11.7. The lowest BCUT2D eigenvalue weighted by molar-refractivity contribution is 0.107. The van der Waals surface area contributed by atoms with Gasteiger partial charge in [-0.15, -0.1) is 0 Å². The van der Waals surface area contributed by atoms with Crippen molar-refractivity contribution in [3.63, 3.8) is 0 Å². The van der Waals surface area contributed by atoms with E-state index in [0.717, 1.165) is 0 Å². The van der Waals surface area contributed by atoms with Gasteiger partial charge in [-0.25, -0.2) is 8.42 Å².